The van der Waals surface area contributed by atoms with Gasteiger partial charge in [-0.1, -0.05) is 0 Å². The summed E-state index contributed by atoms with van der Waals surface area (Å²) in [6.07, 6.45) is 6.18. The van der Waals surface area contributed by atoms with Gasteiger partial charge in [-0.3, -0.25) is 0 Å². The molecule has 3 aromatic heterocycles. The van der Waals surface area contributed by atoms with Crippen LogP contribution >= 0.6 is 11.3 Å². The molecule has 2 atom stereocenters. The third-order valence-electron chi connectivity index (χ3n) is 6.70. The van der Waals surface area contributed by atoms with Gasteiger partial charge in [0.15, 0.2) is 5.69 Å². The van der Waals surface area contributed by atoms with Gasteiger partial charge >= 0.3 is 5.97 Å². The first-order chi connectivity index (χ1) is 17.0. The minimum Gasteiger partial charge on any atom is -0.496 e. The van der Waals surface area contributed by atoms with Crippen LogP contribution in [0.5, 0.6) is 11.5 Å². The number of nitrogens with zero attached hydrogens (tertiary/aromatic N) is 3. The monoisotopic (exact) mass is 490 g/mol. The number of carbonyl (C=O) groups excluding carboxylic acids is 1. The number of hydrogen-bond acceptors (Lipinski definition) is 7. The fourth-order valence-corrected chi connectivity index (χ4v) is 5.57. The number of hydrogen-bond donors (Lipinski definition) is 1. The highest BCUT2D eigenvalue weighted by Gasteiger charge is 2.34. The van der Waals surface area contributed by atoms with E-state index >= 15 is 0 Å². The largest absolute Gasteiger partial charge is 0.496 e. The molecular formula is C26H26N4O4S. The lowest BCUT2D eigenvalue weighted by atomic mass is 9.97. The molecule has 0 saturated heterocycles. The highest BCUT2D eigenvalue weighted by atomic mass is 32.1. The third kappa shape index (κ3) is 3.81. The molecule has 9 heteroatoms. The van der Waals surface area contributed by atoms with Gasteiger partial charge in [0, 0.05) is 53.6 Å². The normalized spacial score (nSPS) is 18.6. The van der Waals surface area contributed by atoms with Crippen LogP contribution < -0.4 is 15.2 Å². The van der Waals surface area contributed by atoms with E-state index in [4.69, 9.17) is 25.0 Å². The topological polar surface area (TPSA) is 93.5 Å². The molecule has 2 N–H and O–H groups in total. The fraction of sp³-hybridized carbons (Fsp3) is 0.308. The third-order valence-corrected chi connectivity index (χ3v) is 7.37. The molecule has 0 radical (unpaired) electrons. The summed E-state index contributed by atoms with van der Waals surface area (Å²) in [7, 11) is 3.64. The molecule has 1 aromatic carbocycles. The molecule has 4 heterocycles. The summed E-state index contributed by atoms with van der Waals surface area (Å²) >= 11 is 1.57. The minimum atomic E-state index is -0.432. The van der Waals surface area contributed by atoms with E-state index in [0.29, 0.717) is 12.2 Å². The number of ether oxygens (including phenoxy) is 3. The predicted octanol–water partition coefficient (Wildman–Crippen LogP) is 4.54. The summed E-state index contributed by atoms with van der Waals surface area (Å²) in [6, 6.07) is 8.06. The van der Waals surface area contributed by atoms with E-state index < -0.39 is 5.97 Å². The Balaban J connectivity index is 1.49. The molecule has 4 aromatic rings. The van der Waals surface area contributed by atoms with Crippen LogP contribution in [0.4, 0.5) is 0 Å². The Morgan fingerprint density at radius 1 is 1.26 bits per heavy atom. The first-order valence-electron chi connectivity index (χ1n) is 11.6. The summed E-state index contributed by atoms with van der Waals surface area (Å²) in [4.78, 5) is 13.3. The van der Waals surface area contributed by atoms with Crippen molar-refractivity contribution in [3.8, 4) is 39.6 Å². The smallest absolute Gasteiger partial charge is 0.359 e. The van der Waals surface area contributed by atoms with Crippen molar-refractivity contribution in [2.24, 2.45) is 12.8 Å². The Labute approximate surface area is 206 Å². The molecule has 1 saturated carbocycles. The van der Waals surface area contributed by atoms with E-state index in [9.17, 15) is 4.79 Å². The van der Waals surface area contributed by atoms with Crippen LogP contribution in [0.15, 0.2) is 47.4 Å². The van der Waals surface area contributed by atoms with E-state index in [2.05, 4.69) is 6.07 Å². The molecule has 1 aliphatic heterocycles. The Kier molecular flexibility index (Phi) is 5.38. The zero-order valence-corrected chi connectivity index (χ0v) is 20.4. The number of thiophene rings is 1. The average Bonchev–Trinajstić information content (AvgIpc) is 3.65. The first-order valence-corrected chi connectivity index (χ1v) is 12.5. The molecule has 35 heavy (non-hydrogen) atoms. The van der Waals surface area contributed by atoms with Crippen LogP contribution in [-0.2, 0) is 18.4 Å². The number of nitrogens with two attached hydrogens (primary N) is 1. The van der Waals surface area contributed by atoms with E-state index in [1.807, 2.05) is 57.6 Å². The summed E-state index contributed by atoms with van der Waals surface area (Å²) in [6.45, 7) is 0.217. The standard InChI is InChI=1S/C26H26N4O4S/c1-29-7-5-15(12-29)19-10-20-23(11-22(19)32-2)33-13-21-24(26(31)34-18-4-3-16(27)9-18)28-30(25(20)21)17-6-8-35-14-17/h5-8,10-12,14,16,18H,3-4,9,13,27H2,1-2H3. The number of methoxy groups -OCH3 is 1. The van der Waals surface area contributed by atoms with E-state index in [0.717, 1.165) is 52.2 Å². The lowest BCUT2D eigenvalue weighted by Gasteiger charge is -2.22. The van der Waals surface area contributed by atoms with Crippen LogP contribution in [-0.4, -0.2) is 39.6 Å². The quantitative estimate of drug-likeness (QED) is 0.413. The molecule has 0 bridgehead atoms. The number of carbonyl (C=O) groups is 1. The second kappa shape index (κ2) is 8.58. The Hall–Kier alpha value is -3.56. The molecule has 6 rings (SSSR count). The maximum atomic E-state index is 13.3. The first kappa shape index (κ1) is 21.9. The Morgan fingerprint density at radius 2 is 2.14 bits per heavy atom. The predicted molar refractivity (Wildman–Crippen MR) is 133 cm³/mol. The molecule has 180 valence electrons. The van der Waals surface area contributed by atoms with E-state index in [-0.39, 0.29) is 24.4 Å². The van der Waals surface area contributed by atoms with Gasteiger partial charge < -0.3 is 24.5 Å². The number of esters is 1. The van der Waals surface area contributed by atoms with Gasteiger partial charge in [0.25, 0.3) is 0 Å². The highest BCUT2D eigenvalue weighted by molar-refractivity contribution is 7.08. The van der Waals surface area contributed by atoms with Gasteiger partial charge in [0.2, 0.25) is 0 Å². The molecule has 2 aliphatic rings. The lowest BCUT2D eigenvalue weighted by molar-refractivity contribution is 0.0305. The van der Waals surface area contributed by atoms with Crippen molar-refractivity contribution in [3.05, 3.63) is 58.7 Å². The van der Waals surface area contributed by atoms with Crippen molar-refractivity contribution in [1.82, 2.24) is 14.3 Å². The van der Waals surface area contributed by atoms with Crippen molar-refractivity contribution in [2.75, 3.05) is 7.11 Å². The second-order valence-corrected chi connectivity index (χ2v) is 9.85. The summed E-state index contributed by atoms with van der Waals surface area (Å²) in [5.41, 5.74) is 11.6. The van der Waals surface area contributed by atoms with Gasteiger partial charge in [0.1, 0.15) is 24.2 Å². The van der Waals surface area contributed by atoms with Gasteiger partial charge in [-0.05, 0) is 42.8 Å². The maximum Gasteiger partial charge on any atom is 0.359 e. The van der Waals surface area contributed by atoms with Crippen molar-refractivity contribution in [1.29, 1.82) is 0 Å². The maximum absolute atomic E-state index is 13.3. The van der Waals surface area contributed by atoms with Crippen LogP contribution in [0.2, 0.25) is 0 Å². The summed E-state index contributed by atoms with van der Waals surface area (Å²) in [5, 5.41) is 8.75. The van der Waals surface area contributed by atoms with Gasteiger partial charge in [-0.15, -0.1) is 0 Å². The minimum absolute atomic E-state index is 0.0756. The molecule has 1 fully saturated rings. The van der Waals surface area contributed by atoms with Gasteiger partial charge in [-0.2, -0.15) is 16.4 Å². The van der Waals surface area contributed by atoms with Gasteiger partial charge in [0.05, 0.1) is 24.1 Å². The molecule has 1 aliphatic carbocycles. The lowest BCUT2D eigenvalue weighted by Crippen LogP contribution is -2.21. The summed E-state index contributed by atoms with van der Waals surface area (Å²) in [5.74, 6) is 0.975. The summed E-state index contributed by atoms with van der Waals surface area (Å²) < 4.78 is 21.5. The molecule has 8 nitrogen and oxygen atoms in total. The zero-order chi connectivity index (χ0) is 24.1. The van der Waals surface area contributed by atoms with E-state index in [1.54, 1.807) is 18.4 Å². The molecule has 0 spiro atoms. The van der Waals surface area contributed by atoms with Crippen LogP contribution in [0, 0.1) is 0 Å². The second-order valence-electron chi connectivity index (χ2n) is 9.07. The number of aromatic nitrogens is 3. The van der Waals surface area contributed by atoms with Gasteiger partial charge in [-0.25, -0.2) is 9.48 Å². The number of fused-ring (bicyclic) bond motifs is 3. The number of benzene rings is 1. The van der Waals surface area contributed by atoms with E-state index in [1.165, 1.54) is 0 Å². The zero-order valence-electron chi connectivity index (χ0n) is 19.6. The van der Waals surface area contributed by atoms with Crippen molar-refractivity contribution >= 4 is 17.3 Å². The Morgan fingerprint density at radius 3 is 2.83 bits per heavy atom. The fourth-order valence-electron chi connectivity index (χ4n) is 4.95. The molecule has 0 amide bonds. The molecular weight excluding hydrogens is 464 g/mol. The van der Waals surface area contributed by atoms with Crippen molar-refractivity contribution < 1.29 is 19.0 Å². The number of rotatable bonds is 5. The average molecular weight is 491 g/mol. The van der Waals surface area contributed by atoms with Crippen LogP contribution in [0.1, 0.15) is 35.3 Å². The Bertz CT molecular complexity index is 1410. The van der Waals surface area contributed by atoms with Crippen LogP contribution in [0.25, 0.3) is 28.1 Å². The SMILES string of the molecule is COc1cc2c(cc1-c1ccn(C)c1)-c1c(c(C(=O)OC3CCC(N)C3)nn1-c1ccsc1)CO2. The molecule has 2 unspecified atom stereocenters. The van der Waals surface area contributed by atoms with Crippen molar-refractivity contribution in [3.63, 3.8) is 0 Å². The number of aryl methyl sites for hydroxylation is 1. The highest BCUT2D eigenvalue weighted by Crippen LogP contribution is 2.46. The van der Waals surface area contributed by atoms with Crippen LogP contribution in [0.3, 0.4) is 0 Å². The van der Waals surface area contributed by atoms with Crippen molar-refractivity contribution in [2.45, 2.75) is 38.0 Å².